The molecule has 3 heterocycles. The van der Waals surface area contributed by atoms with Gasteiger partial charge >= 0.3 is 6.03 Å². The second-order valence-corrected chi connectivity index (χ2v) is 7.90. The van der Waals surface area contributed by atoms with Crippen molar-refractivity contribution in [2.45, 2.75) is 32.2 Å². The number of hydrogen-bond acceptors (Lipinski definition) is 3. The van der Waals surface area contributed by atoms with Crippen LogP contribution < -0.4 is 5.32 Å². The highest BCUT2D eigenvalue weighted by Gasteiger charge is 2.26. The summed E-state index contributed by atoms with van der Waals surface area (Å²) < 4.78 is 0. The van der Waals surface area contributed by atoms with E-state index in [2.05, 4.69) is 20.2 Å². The number of fused-ring (bicyclic) bond motifs is 1. The van der Waals surface area contributed by atoms with Gasteiger partial charge in [0.1, 0.15) is 5.82 Å². The summed E-state index contributed by atoms with van der Waals surface area (Å²) in [5, 5.41) is 3.68. The number of H-pyrrole nitrogens is 1. The lowest BCUT2D eigenvalue weighted by atomic mass is 9.98. The molecule has 2 aromatic rings. The van der Waals surface area contributed by atoms with E-state index in [1.54, 1.807) is 0 Å². The van der Waals surface area contributed by atoms with Crippen molar-refractivity contribution < 1.29 is 4.79 Å². The molecule has 2 saturated heterocycles. The van der Waals surface area contributed by atoms with Crippen LogP contribution in [-0.4, -0.2) is 58.5 Å². The molecular formula is C19H26ClN5O. The normalized spacial score (nSPS) is 21.4. The first kappa shape index (κ1) is 17.6. The smallest absolute Gasteiger partial charge is 0.317 e. The zero-order valence-electron chi connectivity index (χ0n) is 15.0. The number of amides is 2. The van der Waals surface area contributed by atoms with E-state index < -0.39 is 0 Å². The van der Waals surface area contributed by atoms with Crippen LogP contribution in [0.4, 0.5) is 4.79 Å². The predicted molar refractivity (Wildman–Crippen MR) is 103 cm³/mol. The molecule has 0 saturated carbocycles. The Morgan fingerprint density at radius 3 is 2.96 bits per heavy atom. The van der Waals surface area contributed by atoms with Crippen molar-refractivity contribution in [3.8, 4) is 0 Å². The number of likely N-dealkylation sites (tertiary alicyclic amines) is 2. The average Bonchev–Trinajstić information content (AvgIpc) is 3.28. The molecule has 2 fully saturated rings. The maximum atomic E-state index is 12.6. The van der Waals surface area contributed by atoms with Gasteiger partial charge in [-0.3, -0.25) is 0 Å². The van der Waals surface area contributed by atoms with E-state index in [-0.39, 0.29) is 6.03 Å². The lowest BCUT2D eigenvalue weighted by Gasteiger charge is -2.34. The Morgan fingerprint density at radius 2 is 2.12 bits per heavy atom. The van der Waals surface area contributed by atoms with Crippen LogP contribution in [-0.2, 0) is 6.54 Å². The third-order valence-electron chi connectivity index (χ3n) is 5.42. The van der Waals surface area contributed by atoms with Crippen LogP contribution in [0.1, 0.15) is 31.5 Å². The molecule has 1 aromatic heterocycles. The van der Waals surface area contributed by atoms with Crippen LogP contribution in [0.2, 0.25) is 5.02 Å². The van der Waals surface area contributed by atoms with Crippen molar-refractivity contribution in [2.24, 2.45) is 5.92 Å². The van der Waals surface area contributed by atoms with E-state index in [0.29, 0.717) is 17.5 Å². The van der Waals surface area contributed by atoms with Crippen molar-refractivity contribution >= 4 is 28.7 Å². The van der Waals surface area contributed by atoms with E-state index in [1.165, 1.54) is 32.4 Å². The number of hydrogen-bond donors (Lipinski definition) is 2. The van der Waals surface area contributed by atoms with Crippen LogP contribution in [0.5, 0.6) is 0 Å². The van der Waals surface area contributed by atoms with Crippen molar-refractivity contribution in [3.63, 3.8) is 0 Å². The van der Waals surface area contributed by atoms with Crippen molar-refractivity contribution in [2.75, 3.05) is 32.7 Å². The summed E-state index contributed by atoms with van der Waals surface area (Å²) in [7, 11) is 0. The zero-order valence-corrected chi connectivity index (χ0v) is 15.8. The van der Waals surface area contributed by atoms with Crippen molar-refractivity contribution in [3.05, 3.63) is 29.0 Å². The highest BCUT2D eigenvalue weighted by atomic mass is 35.5. The van der Waals surface area contributed by atoms with Gasteiger partial charge < -0.3 is 20.1 Å². The fourth-order valence-corrected chi connectivity index (χ4v) is 4.29. The maximum Gasteiger partial charge on any atom is 0.317 e. The molecule has 2 aliphatic rings. The van der Waals surface area contributed by atoms with Gasteiger partial charge in [0.25, 0.3) is 0 Å². The van der Waals surface area contributed by atoms with Crippen molar-refractivity contribution in [1.82, 2.24) is 25.1 Å². The largest absolute Gasteiger partial charge is 0.340 e. The summed E-state index contributed by atoms with van der Waals surface area (Å²) in [5.41, 5.74) is 1.76. The number of nitrogens with one attached hydrogen (secondary N) is 2. The minimum atomic E-state index is 0.00890. The molecule has 1 unspecified atom stereocenters. The van der Waals surface area contributed by atoms with E-state index in [9.17, 15) is 4.79 Å². The lowest BCUT2D eigenvalue weighted by Crippen LogP contribution is -2.47. The van der Waals surface area contributed by atoms with Gasteiger partial charge in [-0.2, -0.15) is 0 Å². The van der Waals surface area contributed by atoms with Gasteiger partial charge in [-0.15, -0.1) is 0 Å². The van der Waals surface area contributed by atoms with Gasteiger partial charge in [-0.1, -0.05) is 11.6 Å². The zero-order chi connectivity index (χ0) is 17.9. The minimum absolute atomic E-state index is 0.00890. The Kier molecular flexibility index (Phi) is 5.31. The number of rotatable bonds is 4. The van der Waals surface area contributed by atoms with Gasteiger partial charge in [-0.25, -0.2) is 9.78 Å². The van der Waals surface area contributed by atoms with Crippen molar-refractivity contribution in [1.29, 1.82) is 0 Å². The fourth-order valence-electron chi connectivity index (χ4n) is 4.12. The topological polar surface area (TPSA) is 64.3 Å². The molecule has 1 atom stereocenters. The molecule has 26 heavy (non-hydrogen) atoms. The molecule has 2 aliphatic heterocycles. The second-order valence-electron chi connectivity index (χ2n) is 7.47. The SMILES string of the molecule is O=C(NCc1nc2ccc(Cl)cc2[nH]1)N1CCCC(CN2CCCC2)C1. The molecule has 2 amide bonds. The monoisotopic (exact) mass is 375 g/mol. The molecule has 0 spiro atoms. The van der Waals surface area contributed by atoms with Gasteiger partial charge in [0.15, 0.2) is 0 Å². The quantitative estimate of drug-likeness (QED) is 0.862. The molecule has 4 rings (SSSR count). The number of carbonyl (C=O) groups excluding carboxylic acids is 1. The highest BCUT2D eigenvalue weighted by Crippen LogP contribution is 2.20. The van der Waals surface area contributed by atoms with Gasteiger partial charge in [0.05, 0.1) is 17.6 Å². The number of carbonyl (C=O) groups is 1. The summed E-state index contributed by atoms with van der Waals surface area (Å²) >= 11 is 6.00. The van der Waals surface area contributed by atoms with Gasteiger partial charge in [-0.05, 0) is 62.9 Å². The number of imidazole rings is 1. The summed E-state index contributed by atoms with van der Waals surface area (Å²) in [4.78, 5) is 24.8. The number of benzene rings is 1. The highest BCUT2D eigenvalue weighted by molar-refractivity contribution is 6.31. The molecule has 0 bridgehead atoms. The first-order chi connectivity index (χ1) is 12.7. The van der Waals surface area contributed by atoms with E-state index in [0.717, 1.165) is 42.9 Å². The second kappa shape index (κ2) is 7.84. The molecule has 6 nitrogen and oxygen atoms in total. The third-order valence-corrected chi connectivity index (χ3v) is 5.66. The molecule has 0 aliphatic carbocycles. The average molecular weight is 376 g/mol. The number of aromatic amines is 1. The van der Waals surface area contributed by atoms with Crippen LogP contribution in [0.25, 0.3) is 11.0 Å². The number of urea groups is 1. The van der Waals surface area contributed by atoms with Crippen LogP contribution in [0.3, 0.4) is 0 Å². The number of piperidine rings is 1. The molecule has 2 N–H and O–H groups in total. The van der Waals surface area contributed by atoms with Crippen LogP contribution >= 0.6 is 11.6 Å². The molecule has 140 valence electrons. The minimum Gasteiger partial charge on any atom is -0.340 e. The van der Waals surface area contributed by atoms with Crippen LogP contribution in [0, 0.1) is 5.92 Å². The van der Waals surface area contributed by atoms with E-state index in [1.807, 2.05) is 23.1 Å². The van der Waals surface area contributed by atoms with E-state index >= 15 is 0 Å². The number of aromatic nitrogens is 2. The lowest BCUT2D eigenvalue weighted by molar-refractivity contribution is 0.146. The van der Waals surface area contributed by atoms with Gasteiger partial charge in [0.2, 0.25) is 0 Å². The standard InChI is InChI=1S/C19H26ClN5O/c20-15-5-6-16-17(10-15)23-18(22-16)11-21-19(26)25-9-3-4-14(13-25)12-24-7-1-2-8-24/h5-6,10,14H,1-4,7-9,11-13H2,(H,21,26)(H,22,23). The predicted octanol–water partition coefficient (Wildman–Crippen LogP) is 3.23. The molecular weight excluding hydrogens is 350 g/mol. The Bertz CT molecular complexity index is 770. The molecule has 0 radical (unpaired) electrons. The third kappa shape index (κ3) is 4.13. The van der Waals surface area contributed by atoms with E-state index in [4.69, 9.17) is 11.6 Å². The van der Waals surface area contributed by atoms with Gasteiger partial charge in [0, 0.05) is 24.7 Å². The Balaban J connectivity index is 1.30. The first-order valence-electron chi connectivity index (χ1n) is 9.56. The Hall–Kier alpha value is -1.79. The summed E-state index contributed by atoms with van der Waals surface area (Å²) in [6, 6.07) is 5.56. The summed E-state index contributed by atoms with van der Waals surface area (Å²) in [5.74, 6) is 1.35. The van der Waals surface area contributed by atoms with Crippen LogP contribution in [0.15, 0.2) is 18.2 Å². The fraction of sp³-hybridized carbons (Fsp3) is 0.579. The Morgan fingerprint density at radius 1 is 1.27 bits per heavy atom. The summed E-state index contributed by atoms with van der Waals surface area (Å²) in [6.45, 7) is 5.68. The Labute approximate surface area is 158 Å². The molecule has 1 aromatic carbocycles. The number of halogens is 1. The molecule has 7 heteroatoms. The maximum absolute atomic E-state index is 12.6. The number of nitrogens with zero attached hydrogens (tertiary/aromatic N) is 3. The summed E-state index contributed by atoms with van der Waals surface area (Å²) in [6.07, 6.45) is 4.96. The first-order valence-corrected chi connectivity index (χ1v) is 9.94.